The Morgan fingerprint density at radius 2 is 1.68 bits per heavy atom. The van der Waals surface area contributed by atoms with E-state index in [9.17, 15) is 27.6 Å². The van der Waals surface area contributed by atoms with Crippen molar-refractivity contribution in [3.05, 3.63) is 89.5 Å². The number of rotatable bonds is 5. The van der Waals surface area contributed by atoms with Crippen LogP contribution in [0.15, 0.2) is 72.8 Å². The summed E-state index contributed by atoms with van der Waals surface area (Å²) < 4.78 is 50.7. The van der Waals surface area contributed by atoms with E-state index in [4.69, 9.17) is 9.47 Å². The first-order chi connectivity index (χ1) is 19.6. The Morgan fingerprint density at radius 1 is 0.951 bits per heavy atom. The monoisotopic (exact) mass is 567 g/mol. The van der Waals surface area contributed by atoms with Crippen molar-refractivity contribution in [1.29, 1.82) is 0 Å². The number of amides is 3. The summed E-state index contributed by atoms with van der Waals surface area (Å²) in [5.74, 6) is -0.800. The van der Waals surface area contributed by atoms with Crippen LogP contribution in [-0.2, 0) is 15.7 Å². The Morgan fingerprint density at radius 3 is 2.39 bits per heavy atom. The summed E-state index contributed by atoms with van der Waals surface area (Å²) in [7, 11) is 1.67. The summed E-state index contributed by atoms with van der Waals surface area (Å²) >= 11 is 0. The van der Waals surface area contributed by atoms with Gasteiger partial charge in [0.05, 0.1) is 29.7 Å². The predicted molar refractivity (Wildman–Crippen MR) is 145 cm³/mol. The molecular formula is C30H28F3N3O5. The molecule has 2 aliphatic heterocycles. The van der Waals surface area contributed by atoms with Gasteiger partial charge in [-0.3, -0.25) is 14.4 Å². The zero-order valence-corrected chi connectivity index (χ0v) is 22.1. The summed E-state index contributed by atoms with van der Waals surface area (Å²) in [6, 6.07) is 17.3. The van der Waals surface area contributed by atoms with Crippen molar-refractivity contribution in [3.8, 4) is 5.75 Å². The van der Waals surface area contributed by atoms with Gasteiger partial charge in [-0.2, -0.15) is 13.2 Å². The zero-order valence-electron chi connectivity index (χ0n) is 22.1. The average Bonchev–Trinajstić information content (AvgIpc) is 2.95. The summed E-state index contributed by atoms with van der Waals surface area (Å²) in [6.45, 7) is 0.156. The highest BCUT2D eigenvalue weighted by atomic mass is 19.4. The van der Waals surface area contributed by atoms with Gasteiger partial charge in [0.2, 0.25) is 5.91 Å². The number of anilines is 2. The van der Waals surface area contributed by atoms with Gasteiger partial charge in [-0.15, -0.1) is 0 Å². The van der Waals surface area contributed by atoms with Crippen LogP contribution in [0.1, 0.15) is 45.5 Å². The Hall–Kier alpha value is -4.38. The Bertz CT molecular complexity index is 1430. The van der Waals surface area contributed by atoms with Gasteiger partial charge in [-0.25, -0.2) is 0 Å². The number of hydrogen-bond acceptors (Lipinski definition) is 5. The molecule has 1 fully saturated rings. The molecule has 3 atom stereocenters. The lowest BCUT2D eigenvalue weighted by atomic mass is 9.94. The highest BCUT2D eigenvalue weighted by Gasteiger charge is 2.39. The first kappa shape index (κ1) is 28.2. The van der Waals surface area contributed by atoms with E-state index >= 15 is 0 Å². The summed E-state index contributed by atoms with van der Waals surface area (Å²) in [5.41, 5.74) is 0.421. The van der Waals surface area contributed by atoms with Gasteiger partial charge >= 0.3 is 6.18 Å². The number of nitrogens with zero attached hydrogens (tertiary/aromatic N) is 1. The highest BCUT2D eigenvalue weighted by Crippen LogP contribution is 2.33. The number of fused-ring (bicyclic) bond motifs is 2. The first-order valence-electron chi connectivity index (χ1n) is 13.1. The van der Waals surface area contributed by atoms with Gasteiger partial charge in [0.15, 0.2) is 0 Å². The number of nitrogens with one attached hydrogen (secondary N) is 2. The standard InChI is InChI=1S/C30H28F3N3O5/c1-36-24-13-12-22(16-27(37)34-20-5-3-2-4-6-20)41-26(24)17-40-25-14-11-21(15-23(25)29(36)39)35-28(38)18-7-9-19(10-8-18)30(31,32)33/h2-11,14-15,22,24,26H,12-13,16-17H2,1H3,(H,34,37)(H,35,38)/t22-,24-,26-/m0/s1. The molecule has 0 aliphatic carbocycles. The van der Waals surface area contributed by atoms with Crippen LogP contribution in [0.25, 0.3) is 0 Å². The number of alkyl halides is 3. The lowest BCUT2D eigenvalue weighted by Crippen LogP contribution is -2.53. The van der Waals surface area contributed by atoms with Crippen molar-refractivity contribution in [2.24, 2.45) is 0 Å². The van der Waals surface area contributed by atoms with Gasteiger partial charge in [-0.05, 0) is 67.4 Å². The van der Waals surface area contributed by atoms with Crippen LogP contribution < -0.4 is 15.4 Å². The second-order valence-electron chi connectivity index (χ2n) is 10.0. The van der Waals surface area contributed by atoms with E-state index in [-0.39, 0.29) is 48.1 Å². The van der Waals surface area contributed by atoms with Crippen molar-refractivity contribution in [2.75, 3.05) is 24.3 Å². The molecule has 41 heavy (non-hydrogen) atoms. The second kappa shape index (κ2) is 11.6. The molecule has 3 amide bonds. The lowest BCUT2D eigenvalue weighted by Gasteiger charge is -2.42. The van der Waals surface area contributed by atoms with E-state index < -0.39 is 23.8 Å². The molecule has 8 nitrogen and oxygen atoms in total. The van der Waals surface area contributed by atoms with Crippen LogP contribution in [0.5, 0.6) is 5.75 Å². The van der Waals surface area contributed by atoms with Gasteiger partial charge < -0.3 is 25.0 Å². The van der Waals surface area contributed by atoms with Crippen molar-refractivity contribution in [3.63, 3.8) is 0 Å². The maximum absolute atomic E-state index is 13.5. The normalized spacial score (nSPS) is 20.5. The fourth-order valence-electron chi connectivity index (χ4n) is 5.06. The van der Waals surface area contributed by atoms with E-state index in [1.165, 1.54) is 6.07 Å². The molecule has 1 saturated heterocycles. The molecule has 0 aromatic heterocycles. The largest absolute Gasteiger partial charge is 0.490 e. The molecule has 214 valence electrons. The first-order valence-corrected chi connectivity index (χ1v) is 13.1. The van der Waals surface area contributed by atoms with Crippen LogP contribution in [0.2, 0.25) is 0 Å². The van der Waals surface area contributed by atoms with Crippen LogP contribution in [-0.4, -0.2) is 54.5 Å². The predicted octanol–water partition coefficient (Wildman–Crippen LogP) is 5.37. The molecule has 3 aromatic carbocycles. The van der Waals surface area contributed by atoms with E-state index in [0.717, 1.165) is 24.3 Å². The van der Waals surface area contributed by atoms with E-state index in [1.807, 2.05) is 30.3 Å². The van der Waals surface area contributed by atoms with Crippen molar-refractivity contribution in [1.82, 2.24) is 4.90 Å². The number of benzene rings is 3. The SMILES string of the molecule is CN1C(=O)c2cc(NC(=O)c3ccc(C(F)(F)F)cc3)ccc2OC[C@@H]2O[C@H](CC(=O)Nc3ccccc3)CC[C@@H]21. The van der Waals surface area contributed by atoms with E-state index in [0.29, 0.717) is 30.0 Å². The Labute approximate surface area is 234 Å². The molecular weight excluding hydrogens is 539 g/mol. The maximum Gasteiger partial charge on any atom is 0.416 e. The molecule has 2 N–H and O–H groups in total. The summed E-state index contributed by atoms with van der Waals surface area (Å²) in [6.07, 6.45) is -3.91. The average molecular weight is 568 g/mol. The molecule has 0 saturated carbocycles. The highest BCUT2D eigenvalue weighted by molar-refractivity contribution is 6.05. The number of ether oxygens (including phenoxy) is 2. The summed E-state index contributed by atoms with van der Waals surface area (Å²) in [5, 5.41) is 5.49. The third kappa shape index (κ3) is 6.51. The Kier molecular flexibility index (Phi) is 7.98. The number of para-hydroxylation sites is 1. The third-order valence-corrected chi connectivity index (χ3v) is 7.21. The zero-order chi connectivity index (χ0) is 29.1. The third-order valence-electron chi connectivity index (χ3n) is 7.21. The van der Waals surface area contributed by atoms with Gasteiger partial charge in [0, 0.05) is 24.0 Å². The molecule has 0 radical (unpaired) electrons. The van der Waals surface area contributed by atoms with Gasteiger partial charge in [0.1, 0.15) is 18.5 Å². The quantitative estimate of drug-likeness (QED) is 0.432. The van der Waals surface area contributed by atoms with Crippen LogP contribution in [0.3, 0.4) is 0 Å². The lowest BCUT2D eigenvalue weighted by molar-refractivity contribution is -0.137. The van der Waals surface area contributed by atoms with Crippen molar-refractivity contribution in [2.45, 2.75) is 43.7 Å². The molecule has 0 spiro atoms. The van der Waals surface area contributed by atoms with Crippen molar-refractivity contribution >= 4 is 29.1 Å². The molecule has 0 unspecified atom stereocenters. The van der Waals surface area contributed by atoms with Crippen LogP contribution in [0.4, 0.5) is 24.5 Å². The molecule has 2 aliphatic rings. The van der Waals surface area contributed by atoms with E-state index in [1.54, 1.807) is 24.1 Å². The van der Waals surface area contributed by atoms with Gasteiger partial charge in [-0.1, -0.05) is 18.2 Å². The molecule has 2 heterocycles. The number of hydrogen-bond donors (Lipinski definition) is 2. The number of carbonyl (C=O) groups excluding carboxylic acids is 3. The van der Waals surface area contributed by atoms with Crippen LogP contribution >= 0.6 is 0 Å². The van der Waals surface area contributed by atoms with Crippen molar-refractivity contribution < 1.29 is 37.0 Å². The molecule has 0 bridgehead atoms. The van der Waals surface area contributed by atoms with Crippen LogP contribution in [0, 0.1) is 0 Å². The number of halogens is 3. The topological polar surface area (TPSA) is 97.0 Å². The second-order valence-corrected chi connectivity index (χ2v) is 10.0. The molecule has 11 heteroatoms. The number of carbonyl (C=O) groups is 3. The fourth-order valence-corrected chi connectivity index (χ4v) is 5.06. The molecule has 3 aromatic rings. The van der Waals surface area contributed by atoms with E-state index in [2.05, 4.69) is 10.6 Å². The van der Waals surface area contributed by atoms with Gasteiger partial charge in [0.25, 0.3) is 11.8 Å². The molecule has 5 rings (SSSR count). The minimum atomic E-state index is -4.50. The maximum atomic E-state index is 13.5. The fraction of sp³-hybridized carbons (Fsp3) is 0.300. The minimum absolute atomic E-state index is 0.0404. The number of likely N-dealkylation sites (N-methyl/N-ethyl adjacent to an activating group) is 1. The minimum Gasteiger partial charge on any atom is -0.490 e. The Balaban J connectivity index is 1.24. The smallest absolute Gasteiger partial charge is 0.416 e. The summed E-state index contributed by atoms with van der Waals surface area (Å²) in [4.78, 5) is 40.2.